The van der Waals surface area contributed by atoms with Crippen molar-refractivity contribution in [2.45, 2.75) is 69.8 Å². The van der Waals surface area contributed by atoms with E-state index in [1.54, 1.807) is 7.11 Å². The molecule has 2 fully saturated rings. The second-order valence-corrected chi connectivity index (χ2v) is 8.33. The molecule has 0 amide bonds. The quantitative estimate of drug-likeness (QED) is 0.564. The number of hydrogen-bond acceptors (Lipinski definition) is 6. The van der Waals surface area contributed by atoms with E-state index in [-0.39, 0.29) is 12.1 Å². The Balaban J connectivity index is 1.62. The van der Waals surface area contributed by atoms with E-state index in [9.17, 15) is 10.1 Å². The maximum absolute atomic E-state index is 11.5. The zero-order valence-corrected chi connectivity index (χ0v) is 18.3. The van der Waals surface area contributed by atoms with Gasteiger partial charge >= 0.3 is 5.97 Å². The van der Waals surface area contributed by atoms with Gasteiger partial charge in [0.1, 0.15) is 0 Å². The van der Waals surface area contributed by atoms with Crippen LogP contribution in [0.4, 0.5) is 0 Å². The maximum Gasteiger partial charge on any atom is 0.305 e. The average Bonchev–Trinajstić information content (AvgIpc) is 3.28. The molecule has 6 heteroatoms. The van der Waals surface area contributed by atoms with E-state index in [0.717, 1.165) is 68.8 Å². The standard InChI is InChI=1S/C24H34N2O4/c1-3-29-23(27)9-6-14-26-15-12-24(18-25,13-16-26)19-10-11-21(28-2)22(17-19)30-20-7-4-5-8-20/h10-11,17,20H,3-9,12-16H2,1-2H3. The summed E-state index contributed by atoms with van der Waals surface area (Å²) in [7, 11) is 1.66. The monoisotopic (exact) mass is 414 g/mol. The third-order valence-corrected chi connectivity index (χ3v) is 6.40. The number of benzene rings is 1. The lowest BCUT2D eigenvalue weighted by molar-refractivity contribution is -0.143. The molecule has 1 aromatic rings. The highest BCUT2D eigenvalue weighted by Crippen LogP contribution is 2.40. The molecule has 3 rings (SSSR count). The van der Waals surface area contributed by atoms with Gasteiger partial charge in [0.05, 0.1) is 31.3 Å². The Morgan fingerprint density at radius 3 is 2.60 bits per heavy atom. The summed E-state index contributed by atoms with van der Waals surface area (Å²) in [5, 5.41) is 10.1. The Morgan fingerprint density at radius 1 is 1.23 bits per heavy atom. The van der Waals surface area contributed by atoms with Crippen LogP contribution in [0.3, 0.4) is 0 Å². The first-order chi connectivity index (χ1) is 14.6. The van der Waals surface area contributed by atoms with Crippen molar-refractivity contribution >= 4 is 5.97 Å². The molecule has 1 saturated heterocycles. The Labute approximate surface area is 180 Å². The summed E-state index contributed by atoms with van der Waals surface area (Å²) in [6, 6.07) is 8.58. The lowest BCUT2D eigenvalue weighted by Gasteiger charge is -2.38. The van der Waals surface area contributed by atoms with Crippen LogP contribution in [0.5, 0.6) is 11.5 Å². The molecule has 1 aliphatic heterocycles. The zero-order chi connectivity index (χ0) is 21.4. The van der Waals surface area contributed by atoms with Gasteiger partial charge in [-0.05, 0) is 89.2 Å². The van der Waals surface area contributed by atoms with E-state index < -0.39 is 5.41 Å². The number of methoxy groups -OCH3 is 1. The van der Waals surface area contributed by atoms with Gasteiger partial charge < -0.3 is 19.1 Å². The van der Waals surface area contributed by atoms with Crippen molar-refractivity contribution in [1.82, 2.24) is 4.90 Å². The van der Waals surface area contributed by atoms with Gasteiger partial charge in [-0.1, -0.05) is 6.07 Å². The molecule has 164 valence electrons. The van der Waals surface area contributed by atoms with E-state index in [1.165, 1.54) is 12.8 Å². The minimum Gasteiger partial charge on any atom is -0.493 e. The highest BCUT2D eigenvalue weighted by atomic mass is 16.5. The summed E-state index contributed by atoms with van der Waals surface area (Å²) >= 11 is 0. The number of likely N-dealkylation sites (tertiary alicyclic amines) is 1. The lowest BCUT2D eigenvalue weighted by atomic mass is 9.74. The van der Waals surface area contributed by atoms with Crippen molar-refractivity contribution in [1.29, 1.82) is 5.26 Å². The van der Waals surface area contributed by atoms with Crippen LogP contribution in [0.1, 0.15) is 63.9 Å². The van der Waals surface area contributed by atoms with Crippen LogP contribution in [0, 0.1) is 11.3 Å². The minimum absolute atomic E-state index is 0.131. The van der Waals surface area contributed by atoms with Gasteiger partial charge in [-0.25, -0.2) is 0 Å². The number of carbonyl (C=O) groups excluding carboxylic acids is 1. The molecule has 1 aliphatic carbocycles. The Kier molecular flexibility index (Phi) is 7.98. The molecular formula is C24H34N2O4. The van der Waals surface area contributed by atoms with Crippen molar-refractivity contribution in [2.24, 2.45) is 0 Å². The fourth-order valence-corrected chi connectivity index (χ4v) is 4.56. The van der Waals surface area contributed by atoms with Gasteiger partial charge in [0.15, 0.2) is 11.5 Å². The van der Waals surface area contributed by atoms with E-state index >= 15 is 0 Å². The van der Waals surface area contributed by atoms with Crippen LogP contribution in [0.2, 0.25) is 0 Å². The summed E-state index contributed by atoms with van der Waals surface area (Å²) < 4.78 is 16.7. The molecule has 30 heavy (non-hydrogen) atoms. The fraction of sp³-hybridized carbons (Fsp3) is 0.667. The number of nitriles is 1. The first kappa shape index (κ1) is 22.4. The average molecular weight is 415 g/mol. The molecule has 6 nitrogen and oxygen atoms in total. The molecule has 1 saturated carbocycles. The van der Waals surface area contributed by atoms with Gasteiger partial charge in [-0.15, -0.1) is 0 Å². The number of carbonyl (C=O) groups is 1. The molecule has 0 radical (unpaired) electrons. The van der Waals surface area contributed by atoms with E-state index in [1.807, 2.05) is 25.1 Å². The van der Waals surface area contributed by atoms with Crippen LogP contribution < -0.4 is 9.47 Å². The van der Waals surface area contributed by atoms with Crippen LogP contribution in [-0.2, 0) is 14.9 Å². The Morgan fingerprint density at radius 2 is 1.97 bits per heavy atom. The van der Waals surface area contributed by atoms with Gasteiger partial charge in [-0.3, -0.25) is 4.79 Å². The van der Waals surface area contributed by atoms with Crippen LogP contribution >= 0.6 is 0 Å². The SMILES string of the molecule is CCOC(=O)CCCN1CCC(C#N)(c2ccc(OC)c(OC3CCCC3)c2)CC1. The second-order valence-electron chi connectivity index (χ2n) is 8.33. The van der Waals surface area contributed by atoms with Crippen molar-refractivity contribution in [3.05, 3.63) is 23.8 Å². The minimum atomic E-state index is -0.502. The van der Waals surface area contributed by atoms with Crippen molar-refractivity contribution in [2.75, 3.05) is 33.4 Å². The number of rotatable bonds is 9. The molecule has 2 aliphatic rings. The van der Waals surface area contributed by atoms with Crippen LogP contribution in [0.25, 0.3) is 0 Å². The van der Waals surface area contributed by atoms with Gasteiger partial charge in [0, 0.05) is 6.42 Å². The largest absolute Gasteiger partial charge is 0.493 e. The molecular weight excluding hydrogens is 380 g/mol. The normalized spacial score (nSPS) is 19.2. The molecule has 0 spiro atoms. The Hall–Kier alpha value is -2.26. The molecule has 0 atom stereocenters. The smallest absolute Gasteiger partial charge is 0.305 e. The third kappa shape index (κ3) is 5.46. The summed E-state index contributed by atoms with van der Waals surface area (Å²) in [5.74, 6) is 1.36. The number of esters is 1. The van der Waals surface area contributed by atoms with Gasteiger partial charge in [0.2, 0.25) is 0 Å². The summed E-state index contributed by atoms with van der Waals surface area (Å²) in [6.45, 7) is 4.82. The predicted octanol–water partition coefficient (Wildman–Crippen LogP) is 4.22. The zero-order valence-electron chi connectivity index (χ0n) is 18.3. The Bertz CT molecular complexity index is 744. The van der Waals surface area contributed by atoms with Crippen LogP contribution in [0.15, 0.2) is 18.2 Å². The number of nitrogens with zero attached hydrogens (tertiary/aromatic N) is 2. The predicted molar refractivity (Wildman–Crippen MR) is 115 cm³/mol. The highest BCUT2D eigenvalue weighted by Gasteiger charge is 2.37. The third-order valence-electron chi connectivity index (χ3n) is 6.40. The molecule has 0 aromatic heterocycles. The van der Waals surface area contributed by atoms with E-state index in [2.05, 4.69) is 11.0 Å². The van der Waals surface area contributed by atoms with Gasteiger partial charge in [0.25, 0.3) is 0 Å². The first-order valence-electron chi connectivity index (χ1n) is 11.2. The molecule has 1 heterocycles. The van der Waals surface area contributed by atoms with Crippen molar-refractivity contribution in [3.8, 4) is 17.6 Å². The first-order valence-corrected chi connectivity index (χ1v) is 11.2. The summed E-state index contributed by atoms with van der Waals surface area (Å²) in [5.41, 5.74) is 0.516. The molecule has 0 N–H and O–H groups in total. The molecule has 0 unspecified atom stereocenters. The van der Waals surface area contributed by atoms with Crippen LogP contribution in [-0.4, -0.2) is 50.3 Å². The fourth-order valence-electron chi connectivity index (χ4n) is 4.56. The van der Waals surface area contributed by atoms with E-state index in [0.29, 0.717) is 13.0 Å². The van der Waals surface area contributed by atoms with Crippen molar-refractivity contribution < 1.29 is 19.0 Å². The molecule has 0 bridgehead atoms. The summed E-state index contributed by atoms with van der Waals surface area (Å²) in [4.78, 5) is 13.9. The molecule has 1 aromatic carbocycles. The lowest BCUT2D eigenvalue weighted by Crippen LogP contribution is -2.42. The number of hydrogen-bond donors (Lipinski definition) is 0. The van der Waals surface area contributed by atoms with Gasteiger partial charge in [-0.2, -0.15) is 5.26 Å². The highest BCUT2D eigenvalue weighted by molar-refractivity contribution is 5.69. The van der Waals surface area contributed by atoms with E-state index in [4.69, 9.17) is 14.2 Å². The maximum atomic E-state index is 11.5. The summed E-state index contributed by atoms with van der Waals surface area (Å²) in [6.07, 6.45) is 7.62. The topological polar surface area (TPSA) is 71.8 Å². The number of piperidine rings is 1. The second kappa shape index (κ2) is 10.7. The van der Waals surface area contributed by atoms with Crippen molar-refractivity contribution in [3.63, 3.8) is 0 Å². The number of ether oxygens (including phenoxy) is 3.